The molecule has 1 aromatic rings. The van der Waals surface area contributed by atoms with E-state index < -0.39 is 23.2 Å². The minimum absolute atomic E-state index is 0.144. The number of hydrogen-bond acceptors (Lipinski definition) is 2. The zero-order chi connectivity index (χ0) is 14.8. The molecule has 0 aromatic heterocycles. The fraction of sp³-hybridized carbons (Fsp3) is 0.500. The van der Waals surface area contributed by atoms with Gasteiger partial charge in [0.1, 0.15) is 11.6 Å². The molecule has 19 heavy (non-hydrogen) atoms. The lowest BCUT2D eigenvalue weighted by molar-refractivity contribution is -0.132. The van der Waals surface area contributed by atoms with Gasteiger partial charge in [-0.25, -0.2) is 8.78 Å². The molecular weight excluding hydrogens is 250 g/mol. The van der Waals surface area contributed by atoms with Crippen molar-refractivity contribution in [3.8, 4) is 0 Å². The minimum atomic E-state index is -0.633. The van der Waals surface area contributed by atoms with Crippen molar-refractivity contribution >= 4 is 5.91 Å². The maximum atomic E-state index is 13.7. The Balaban J connectivity index is 2.90. The summed E-state index contributed by atoms with van der Waals surface area (Å²) >= 11 is 0. The maximum absolute atomic E-state index is 13.7. The van der Waals surface area contributed by atoms with E-state index >= 15 is 0 Å². The molecule has 0 saturated carbocycles. The van der Waals surface area contributed by atoms with Crippen LogP contribution in [0.5, 0.6) is 0 Å². The van der Waals surface area contributed by atoms with Gasteiger partial charge in [-0.1, -0.05) is 0 Å². The van der Waals surface area contributed by atoms with Crippen molar-refractivity contribution in [2.24, 2.45) is 5.73 Å². The van der Waals surface area contributed by atoms with Gasteiger partial charge >= 0.3 is 0 Å². The van der Waals surface area contributed by atoms with Gasteiger partial charge in [-0.2, -0.15) is 0 Å². The summed E-state index contributed by atoms with van der Waals surface area (Å²) in [4.78, 5) is 13.4. The van der Waals surface area contributed by atoms with Crippen LogP contribution in [-0.4, -0.2) is 23.4 Å². The van der Waals surface area contributed by atoms with Crippen LogP contribution in [0.3, 0.4) is 0 Å². The summed E-state index contributed by atoms with van der Waals surface area (Å²) in [5.74, 6) is -1.26. The maximum Gasteiger partial charge on any atom is 0.224 e. The Labute approximate surface area is 112 Å². The third kappa shape index (κ3) is 4.28. The highest BCUT2D eigenvalue weighted by Crippen LogP contribution is 2.24. The second-order valence-electron chi connectivity index (χ2n) is 5.51. The number of nitrogens with zero attached hydrogens (tertiary/aromatic N) is 1. The van der Waals surface area contributed by atoms with Crippen LogP contribution < -0.4 is 5.73 Å². The molecule has 1 atom stereocenters. The third-order valence-corrected chi connectivity index (χ3v) is 2.99. The van der Waals surface area contributed by atoms with Crippen LogP contribution in [0.4, 0.5) is 8.78 Å². The van der Waals surface area contributed by atoms with E-state index in [1.54, 1.807) is 27.8 Å². The molecule has 2 N–H and O–H groups in total. The van der Waals surface area contributed by atoms with E-state index in [2.05, 4.69) is 0 Å². The van der Waals surface area contributed by atoms with Gasteiger partial charge in [0.05, 0.1) is 6.04 Å². The van der Waals surface area contributed by atoms with Crippen LogP contribution in [0.25, 0.3) is 0 Å². The largest absolute Gasteiger partial charge is 0.339 e. The lowest BCUT2D eigenvalue weighted by Crippen LogP contribution is -2.40. The summed E-state index contributed by atoms with van der Waals surface area (Å²) in [6.07, 6.45) is 0.144. The standard InChI is InChI=1S/C14H20F2N2O/c1-9(11-7-10(15)5-6-12(11)16)18(4)13(19)8-14(2,3)17/h5-7,9H,8,17H2,1-4H3. The highest BCUT2D eigenvalue weighted by atomic mass is 19.1. The van der Waals surface area contributed by atoms with Crippen molar-refractivity contribution in [1.29, 1.82) is 0 Å². The molecule has 1 rings (SSSR count). The first-order valence-corrected chi connectivity index (χ1v) is 6.11. The Morgan fingerprint density at radius 1 is 1.42 bits per heavy atom. The Morgan fingerprint density at radius 2 is 2.00 bits per heavy atom. The highest BCUT2D eigenvalue weighted by Gasteiger charge is 2.24. The van der Waals surface area contributed by atoms with E-state index in [-0.39, 0.29) is 17.9 Å². The normalized spacial score (nSPS) is 13.2. The molecule has 1 unspecified atom stereocenters. The topological polar surface area (TPSA) is 46.3 Å². The monoisotopic (exact) mass is 270 g/mol. The molecule has 106 valence electrons. The summed E-state index contributed by atoms with van der Waals surface area (Å²) < 4.78 is 26.8. The summed E-state index contributed by atoms with van der Waals surface area (Å²) in [5.41, 5.74) is 5.31. The van der Waals surface area contributed by atoms with E-state index in [0.717, 1.165) is 18.2 Å². The molecule has 1 amide bonds. The van der Waals surface area contributed by atoms with E-state index in [4.69, 9.17) is 5.73 Å². The number of benzene rings is 1. The minimum Gasteiger partial charge on any atom is -0.339 e. The first kappa shape index (κ1) is 15.6. The van der Waals surface area contributed by atoms with Crippen LogP contribution in [-0.2, 0) is 4.79 Å². The fourth-order valence-electron chi connectivity index (χ4n) is 1.77. The van der Waals surface area contributed by atoms with Crippen LogP contribution >= 0.6 is 0 Å². The first-order valence-electron chi connectivity index (χ1n) is 6.11. The smallest absolute Gasteiger partial charge is 0.224 e. The van der Waals surface area contributed by atoms with Gasteiger partial charge in [0.2, 0.25) is 5.91 Å². The lowest BCUT2D eigenvalue weighted by Gasteiger charge is -2.28. The molecule has 0 aliphatic rings. The van der Waals surface area contributed by atoms with Crippen LogP contribution in [0.15, 0.2) is 18.2 Å². The molecule has 3 nitrogen and oxygen atoms in total. The van der Waals surface area contributed by atoms with Crippen molar-refractivity contribution in [2.45, 2.75) is 38.8 Å². The first-order chi connectivity index (χ1) is 8.61. The molecule has 5 heteroatoms. The Morgan fingerprint density at radius 3 is 2.53 bits per heavy atom. The summed E-state index contributed by atoms with van der Waals surface area (Å²) in [5, 5.41) is 0. The zero-order valence-corrected chi connectivity index (χ0v) is 11.7. The van der Waals surface area contributed by atoms with Gasteiger partial charge in [-0.05, 0) is 39.0 Å². The van der Waals surface area contributed by atoms with Crippen LogP contribution in [0, 0.1) is 11.6 Å². The number of hydrogen-bond donors (Lipinski definition) is 1. The average molecular weight is 270 g/mol. The molecule has 0 aliphatic carbocycles. The quantitative estimate of drug-likeness (QED) is 0.914. The molecular formula is C14H20F2N2O. The average Bonchev–Trinajstić information content (AvgIpc) is 2.28. The Bertz CT molecular complexity index is 469. The number of nitrogens with two attached hydrogens (primary N) is 1. The zero-order valence-electron chi connectivity index (χ0n) is 11.7. The SMILES string of the molecule is CC(c1cc(F)ccc1F)N(C)C(=O)CC(C)(C)N. The van der Waals surface area contributed by atoms with Crippen molar-refractivity contribution in [3.63, 3.8) is 0 Å². The van der Waals surface area contributed by atoms with Crippen molar-refractivity contribution < 1.29 is 13.6 Å². The van der Waals surface area contributed by atoms with E-state index in [1.165, 1.54) is 4.90 Å². The number of carbonyl (C=O) groups is 1. The van der Waals surface area contributed by atoms with E-state index in [9.17, 15) is 13.6 Å². The number of amides is 1. The molecule has 0 heterocycles. The molecule has 1 aromatic carbocycles. The van der Waals surface area contributed by atoms with Crippen molar-refractivity contribution in [1.82, 2.24) is 4.90 Å². The summed E-state index contributed by atoms with van der Waals surface area (Å²) in [6.45, 7) is 5.14. The lowest BCUT2D eigenvalue weighted by atomic mass is 10.00. The summed E-state index contributed by atoms with van der Waals surface area (Å²) in [7, 11) is 1.56. The molecule has 0 fully saturated rings. The predicted octanol–water partition coefficient (Wildman–Crippen LogP) is 2.61. The van der Waals surface area contributed by atoms with Crippen LogP contribution in [0.2, 0.25) is 0 Å². The van der Waals surface area contributed by atoms with Gasteiger partial charge in [-0.3, -0.25) is 4.79 Å². The number of carbonyl (C=O) groups excluding carboxylic acids is 1. The molecule has 0 saturated heterocycles. The second kappa shape index (κ2) is 5.65. The summed E-state index contributed by atoms with van der Waals surface area (Å²) in [6, 6.07) is 2.67. The number of rotatable bonds is 4. The third-order valence-electron chi connectivity index (χ3n) is 2.99. The van der Waals surface area contributed by atoms with E-state index in [0.29, 0.717) is 0 Å². The molecule has 0 aliphatic heterocycles. The number of halogens is 2. The van der Waals surface area contributed by atoms with E-state index in [1.807, 2.05) is 0 Å². The van der Waals surface area contributed by atoms with Gasteiger partial charge < -0.3 is 10.6 Å². The van der Waals surface area contributed by atoms with Crippen molar-refractivity contribution in [2.75, 3.05) is 7.05 Å². The Kier molecular flexibility index (Phi) is 4.63. The molecule has 0 spiro atoms. The predicted molar refractivity (Wildman–Crippen MR) is 70.4 cm³/mol. The Hall–Kier alpha value is -1.49. The highest BCUT2D eigenvalue weighted by molar-refractivity contribution is 5.77. The second-order valence-corrected chi connectivity index (χ2v) is 5.51. The molecule has 0 radical (unpaired) electrons. The van der Waals surface area contributed by atoms with Gasteiger partial charge in [0.15, 0.2) is 0 Å². The van der Waals surface area contributed by atoms with Gasteiger partial charge in [0.25, 0.3) is 0 Å². The molecule has 0 bridgehead atoms. The fourth-order valence-corrected chi connectivity index (χ4v) is 1.77. The van der Waals surface area contributed by atoms with Crippen LogP contribution in [0.1, 0.15) is 38.8 Å². The van der Waals surface area contributed by atoms with Crippen molar-refractivity contribution in [3.05, 3.63) is 35.4 Å². The van der Waals surface area contributed by atoms with Gasteiger partial charge in [0, 0.05) is 24.6 Å². The van der Waals surface area contributed by atoms with Gasteiger partial charge in [-0.15, -0.1) is 0 Å².